The summed E-state index contributed by atoms with van der Waals surface area (Å²) in [5.74, 6) is -0.933. The van der Waals surface area contributed by atoms with Gasteiger partial charge in [0, 0.05) is 29.6 Å². The van der Waals surface area contributed by atoms with Gasteiger partial charge in [0.25, 0.3) is 0 Å². The predicted molar refractivity (Wildman–Crippen MR) is 117 cm³/mol. The van der Waals surface area contributed by atoms with Crippen LogP contribution in [0, 0.1) is 18.6 Å². The number of hydrogen-bond donors (Lipinski definition) is 0. The zero-order valence-electron chi connectivity index (χ0n) is 17.9. The van der Waals surface area contributed by atoms with Crippen molar-refractivity contribution in [3.63, 3.8) is 0 Å². The molecule has 1 atom stereocenters. The molecule has 2 aliphatic rings. The molecular formula is C24H20F2N6O. The summed E-state index contributed by atoms with van der Waals surface area (Å²) in [6.45, 7) is 2.31. The van der Waals surface area contributed by atoms with Gasteiger partial charge in [-0.25, -0.2) is 28.7 Å². The Morgan fingerprint density at radius 3 is 2.79 bits per heavy atom. The Bertz CT molecular complexity index is 1410. The van der Waals surface area contributed by atoms with Crippen LogP contribution >= 0.6 is 0 Å². The van der Waals surface area contributed by atoms with Crippen molar-refractivity contribution in [1.29, 1.82) is 0 Å². The van der Waals surface area contributed by atoms with E-state index < -0.39 is 11.6 Å². The summed E-state index contributed by atoms with van der Waals surface area (Å²) in [4.78, 5) is 18.2. The monoisotopic (exact) mass is 446 g/mol. The molecule has 6 rings (SSSR count). The average molecular weight is 446 g/mol. The van der Waals surface area contributed by atoms with Gasteiger partial charge < -0.3 is 4.74 Å². The van der Waals surface area contributed by atoms with Crippen molar-refractivity contribution >= 4 is 16.7 Å². The first-order valence-corrected chi connectivity index (χ1v) is 10.9. The lowest BCUT2D eigenvalue weighted by Crippen LogP contribution is -2.12. The molecule has 3 aromatic heterocycles. The molecule has 1 aliphatic carbocycles. The summed E-state index contributed by atoms with van der Waals surface area (Å²) < 4.78 is 36.2. The standard InChI is InChI=1S/C24H20F2N6O/c1-13-10-27-22-21(18-5-2-16(25)9-19(18)26)30-23(31-24(22)29-13)14-6-7-33-20(8-14)15-11-28-32(12-15)17-3-4-17/h2,5,8-12,17,20H,3-4,6-7H2,1H3. The van der Waals surface area contributed by atoms with Crippen LogP contribution in [0.25, 0.3) is 28.0 Å². The number of fused-ring (bicyclic) bond motifs is 1. The molecule has 1 aliphatic heterocycles. The number of ether oxygens (including phenoxy) is 1. The van der Waals surface area contributed by atoms with Crippen molar-refractivity contribution in [2.24, 2.45) is 0 Å². The highest BCUT2D eigenvalue weighted by molar-refractivity contribution is 5.88. The van der Waals surface area contributed by atoms with Crippen LogP contribution in [0.15, 0.2) is 42.9 Å². The number of rotatable bonds is 4. The molecule has 0 bridgehead atoms. The molecule has 9 heteroatoms. The molecule has 1 aromatic carbocycles. The Balaban J connectivity index is 1.46. The smallest absolute Gasteiger partial charge is 0.182 e. The number of aryl methyl sites for hydroxylation is 1. The van der Waals surface area contributed by atoms with Crippen molar-refractivity contribution in [3.05, 3.63) is 71.6 Å². The minimum absolute atomic E-state index is 0.151. The fourth-order valence-corrected chi connectivity index (χ4v) is 4.03. The van der Waals surface area contributed by atoms with Crippen LogP contribution in [-0.4, -0.2) is 36.3 Å². The molecule has 1 fully saturated rings. The molecule has 4 heterocycles. The molecule has 0 spiro atoms. The number of hydrogen-bond acceptors (Lipinski definition) is 6. The van der Waals surface area contributed by atoms with Crippen LogP contribution in [0.1, 0.15) is 48.5 Å². The van der Waals surface area contributed by atoms with Gasteiger partial charge in [-0.05, 0) is 50.0 Å². The van der Waals surface area contributed by atoms with E-state index in [0.29, 0.717) is 41.8 Å². The molecule has 0 saturated heterocycles. The van der Waals surface area contributed by atoms with Crippen LogP contribution < -0.4 is 0 Å². The second-order valence-electron chi connectivity index (χ2n) is 8.42. The summed E-state index contributed by atoms with van der Waals surface area (Å²) in [5.41, 5.74) is 3.70. The SMILES string of the molecule is Cc1cnc2c(-c3ccc(F)cc3F)nc(C3=CC(c4cnn(C5CC5)c4)OCC3)nc2n1. The maximum absolute atomic E-state index is 14.7. The summed E-state index contributed by atoms with van der Waals surface area (Å²) in [5, 5.41) is 4.46. The third-order valence-electron chi connectivity index (χ3n) is 5.89. The van der Waals surface area contributed by atoms with E-state index in [9.17, 15) is 8.78 Å². The van der Waals surface area contributed by atoms with Crippen molar-refractivity contribution in [3.8, 4) is 11.3 Å². The van der Waals surface area contributed by atoms with Crippen molar-refractivity contribution in [1.82, 2.24) is 29.7 Å². The number of aromatic nitrogens is 6. The van der Waals surface area contributed by atoms with Gasteiger partial charge in [-0.15, -0.1) is 0 Å². The maximum atomic E-state index is 14.7. The Kier molecular flexibility index (Phi) is 4.72. The van der Waals surface area contributed by atoms with Crippen molar-refractivity contribution in [2.45, 2.75) is 38.3 Å². The Morgan fingerprint density at radius 2 is 1.97 bits per heavy atom. The topological polar surface area (TPSA) is 78.6 Å². The fraction of sp³-hybridized carbons (Fsp3) is 0.292. The van der Waals surface area contributed by atoms with Crippen LogP contribution in [0.3, 0.4) is 0 Å². The molecule has 4 aromatic rings. The van der Waals surface area contributed by atoms with Gasteiger partial charge >= 0.3 is 0 Å². The molecule has 0 radical (unpaired) electrons. The lowest BCUT2D eigenvalue weighted by Gasteiger charge is -2.21. The highest BCUT2D eigenvalue weighted by atomic mass is 19.1. The third kappa shape index (κ3) is 3.78. The number of nitrogens with zero attached hydrogens (tertiary/aromatic N) is 6. The average Bonchev–Trinajstić information content (AvgIpc) is 3.54. The zero-order chi connectivity index (χ0) is 22.5. The van der Waals surface area contributed by atoms with Gasteiger partial charge in [-0.1, -0.05) is 0 Å². The maximum Gasteiger partial charge on any atom is 0.182 e. The first-order chi connectivity index (χ1) is 16.0. The second-order valence-corrected chi connectivity index (χ2v) is 8.42. The van der Waals surface area contributed by atoms with Gasteiger partial charge in [0.2, 0.25) is 0 Å². The molecule has 0 amide bonds. The van der Waals surface area contributed by atoms with E-state index in [2.05, 4.69) is 25.0 Å². The minimum Gasteiger partial charge on any atom is -0.369 e. The normalized spacial score (nSPS) is 18.5. The molecular weight excluding hydrogens is 426 g/mol. The van der Waals surface area contributed by atoms with E-state index in [1.807, 2.05) is 30.1 Å². The molecule has 1 unspecified atom stereocenters. The molecule has 166 valence electrons. The van der Waals surface area contributed by atoms with Gasteiger partial charge in [-0.3, -0.25) is 4.68 Å². The van der Waals surface area contributed by atoms with Gasteiger partial charge in [0.15, 0.2) is 11.5 Å². The van der Waals surface area contributed by atoms with E-state index in [-0.39, 0.29) is 17.4 Å². The Labute approximate surface area is 188 Å². The van der Waals surface area contributed by atoms with Crippen LogP contribution in [0.5, 0.6) is 0 Å². The van der Waals surface area contributed by atoms with E-state index >= 15 is 0 Å². The summed E-state index contributed by atoms with van der Waals surface area (Å²) >= 11 is 0. The largest absolute Gasteiger partial charge is 0.369 e. The lowest BCUT2D eigenvalue weighted by atomic mass is 10.0. The van der Waals surface area contributed by atoms with E-state index in [1.165, 1.54) is 12.1 Å². The highest BCUT2D eigenvalue weighted by Gasteiger charge is 2.27. The zero-order valence-corrected chi connectivity index (χ0v) is 17.9. The Morgan fingerprint density at radius 1 is 1.09 bits per heavy atom. The van der Waals surface area contributed by atoms with E-state index in [1.54, 1.807) is 6.20 Å². The highest BCUT2D eigenvalue weighted by Crippen LogP contribution is 2.37. The Hall–Kier alpha value is -3.59. The van der Waals surface area contributed by atoms with E-state index in [4.69, 9.17) is 4.74 Å². The minimum atomic E-state index is -0.713. The summed E-state index contributed by atoms with van der Waals surface area (Å²) in [6.07, 6.45) is 10.1. The number of benzene rings is 1. The summed E-state index contributed by atoms with van der Waals surface area (Å²) in [6, 6.07) is 3.90. The van der Waals surface area contributed by atoms with Gasteiger partial charge in [-0.2, -0.15) is 5.10 Å². The van der Waals surface area contributed by atoms with Gasteiger partial charge in [0.05, 0.1) is 24.5 Å². The van der Waals surface area contributed by atoms with Crippen LogP contribution in [0.4, 0.5) is 8.78 Å². The van der Waals surface area contributed by atoms with Crippen molar-refractivity contribution < 1.29 is 13.5 Å². The third-order valence-corrected chi connectivity index (χ3v) is 5.89. The van der Waals surface area contributed by atoms with Gasteiger partial charge in [0.1, 0.15) is 28.9 Å². The van der Waals surface area contributed by atoms with E-state index in [0.717, 1.165) is 30.0 Å². The van der Waals surface area contributed by atoms with Crippen LogP contribution in [-0.2, 0) is 4.74 Å². The first-order valence-electron chi connectivity index (χ1n) is 10.9. The first kappa shape index (κ1) is 20.0. The lowest BCUT2D eigenvalue weighted by molar-refractivity contribution is 0.0825. The van der Waals surface area contributed by atoms with Crippen molar-refractivity contribution in [2.75, 3.05) is 6.61 Å². The molecule has 1 saturated carbocycles. The predicted octanol–water partition coefficient (Wildman–Crippen LogP) is 4.75. The van der Waals surface area contributed by atoms with Crippen LogP contribution in [0.2, 0.25) is 0 Å². The quantitative estimate of drug-likeness (QED) is 0.450. The number of halogens is 2. The molecule has 0 N–H and O–H groups in total. The fourth-order valence-electron chi connectivity index (χ4n) is 4.03. The molecule has 7 nitrogen and oxygen atoms in total. The summed E-state index contributed by atoms with van der Waals surface area (Å²) in [7, 11) is 0. The molecule has 33 heavy (non-hydrogen) atoms. The second kappa shape index (κ2) is 7.77.